The number of benzene rings is 2. The van der Waals surface area contributed by atoms with E-state index in [1.165, 1.54) is 24.3 Å². The number of piperazine rings is 1. The minimum absolute atomic E-state index is 0.0908. The summed E-state index contributed by atoms with van der Waals surface area (Å²) in [5.41, 5.74) is 1.44. The summed E-state index contributed by atoms with van der Waals surface area (Å²) in [5, 5.41) is 13.6. The van der Waals surface area contributed by atoms with Gasteiger partial charge in [-0.15, -0.1) is 0 Å². The highest BCUT2D eigenvalue weighted by Gasteiger charge is 2.38. The van der Waals surface area contributed by atoms with Gasteiger partial charge in [0.2, 0.25) is 0 Å². The van der Waals surface area contributed by atoms with Gasteiger partial charge < -0.3 is 25.4 Å². The number of hydrogen-bond donors (Lipinski definition) is 4. The number of aliphatic carboxylic acids is 1. The number of hydrogen-bond acceptors (Lipinski definition) is 7. The predicted octanol–water partition coefficient (Wildman–Crippen LogP) is 2.56. The number of rotatable bonds is 8. The Kier molecular flexibility index (Phi) is 11.0. The number of alkyl halides is 3. The average molecular weight is 567 g/mol. The first-order chi connectivity index (χ1) is 17.3. The summed E-state index contributed by atoms with van der Waals surface area (Å²) in [7, 11) is -2.30. The summed E-state index contributed by atoms with van der Waals surface area (Å²) in [6, 6.07) is 11.0. The zero-order valence-corrected chi connectivity index (χ0v) is 21.2. The smallest absolute Gasteiger partial charge is 0.475 e. The molecule has 0 spiro atoms. The highest BCUT2D eigenvalue weighted by Crippen LogP contribution is 2.30. The molecular formula is C22H26ClF3N4O6S. The van der Waals surface area contributed by atoms with E-state index in [4.69, 9.17) is 26.2 Å². The largest absolute Gasteiger partial charge is 0.490 e. The second-order valence-corrected chi connectivity index (χ2v) is 9.70. The lowest BCUT2D eigenvalue weighted by Crippen LogP contribution is -2.43. The molecule has 2 aromatic carbocycles. The van der Waals surface area contributed by atoms with Crippen molar-refractivity contribution >= 4 is 44.9 Å². The fraction of sp³-hybridized carbons (Fsp3) is 0.364. The van der Waals surface area contributed by atoms with Gasteiger partial charge in [-0.1, -0.05) is 11.6 Å². The summed E-state index contributed by atoms with van der Waals surface area (Å²) in [5.74, 6) is -3.06. The zero-order valence-electron chi connectivity index (χ0n) is 19.6. The van der Waals surface area contributed by atoms with Crippen LogP contribution in [0.3, 0.4) is 0 Å². The van der Waals surface area contributed by atoms with Gasteiger partial charge in [0, 0.05) is 50.4 Å². The lowest BCUT2D eigenvalue weighted by atomic mass is 10.1. The average Bonchev–Trinajstić information content (AvgIpc) is 2.84. The molecule has 0 bridgehead atoms. The van der Waals surface area contributed by atoms with E-state index in [-0.39, 0.29) is 10.8 Å². The number of amides is 1. The van der Waals surface area contributed by atoms with E-state index in [1.54, 1.807) is 25.3 Å². The molecule has 0 saturated carbocycles. The van der Waals surface area contributed by atoms with Gasteiger partial charge in [-0.05, 0) is 42.5 Å². The third kappa shape index (κ3) is 9.39. The van der Waals surface area contributed by atoms with Crippen molar-refractivity contribution in [1.29, 1.82) is 0 Å². The molecule has 15 heteroatoms. The second kappa shape index (κ2) is 13.5. The number of sulfonamides is 1. The van der Waals surface area contributed by atoms with E-state index in [1.807, 2.05) is 0 Å². The topological polar surface area (TPSA) is 137 Å². The molecular weight excluding hydrogens is 541 g/mol. The maximum absolute atomic E-state index is 12.9. The Labute approximate surface area is 216 Å². The van der Waals surface area contributed by atoms with Crippen LogP contribution in [0.25, 0.3) is 0 Å². The summed E-state index contributed by atoms with van der Waals surface area (Å²) in [6.45, 7) is 3.80. The standard InChI is InChI=1S/C20H25ClN4O4S.C2HF3O2/c1-29-13-10-23-20(26)15-2-7-19(25-11-8-22-9-12-25)18(14-15)24-30(27,28)17-5-3-16(21)4-6-17;3-2(4,5)1(6)7/h2-7,14,22,24H,8-13H2,1H3,(H,23,26);(H,6,7). The maximum atomic E-state index is 12.9. The molecule has 1 heterocycles. The third-order valence-electron chi connectivity index (χ3n) is 4.92. The Morgan fingerprint density at radius 2 is 1.73 bits per heavy atom. The number of carboxylic acids is 1. The van der Waals surface area contributed by atoms with E-state index in [0.29, 0.717) is 29.4 Å². The van der Waals surface area contributed by atoms with Crippen molar-refractivity contribution in [3.05, 3.63) is 53.1 Å². The van der Waals surface area contributed by atoms with E-state index in [2.05, 4.69) is 20.3 Å². The number of carbonyl (C=O) groups is 2. The van der Waals surface area contributed by atoms with E-state index in [9.17, 15) is 26.4 Å². The van der Waals surface area contributed by atoms with Gasteiger partial charge in [0.25, 0.3) is 15.9 Å². The monoisotopic (exact) mass is 566 g/mol. The van der Waals surface area contributed by atoms with E-state index >= 15 is 0 Å². The highest BCUT2D eigenvalue weighted by atomic mass is 35.5. The van der Waals surface area contributed by atoms with Crippen LogP contribution < -0.4 is 20.3 Å². The number of anilines is 2. The maximum Gasteiger partial charge on any atom is 0.490 e. The number of carboxylic acid groups (broad SMARTS) is 1. The number of carbonyl (C=O) groups excluding carboxylic acids is 1. The van der Waals surface area contributed by atoms with Crippen molar-refractivity contribution in [3.63, 3.8) is 0 Å². The normalized spacial score (nSPS) is 13.8. The fourth-order valence-corrected chi connectivity index (χ4v) is 4.32. The molecule has 0 aromatic heterocycles. The number of nitrogens with one attached hydrogen (secondary N) is 3. The van der Waals surface area contributed by atoms with Crippen molar-refractivity contribution in [3.8, 4) is 0 Å². The lowest BCUT2D eigenvalue weighted by molar-refractivity contribution is -0.192. The minimum atomic E-state index is -5.08. The van der Waals surface area contributed by atoms with Crippen LogP contribution in [-0.4, -0.2) is 78.0 Å². The molecule has 2 aromatic rings. The molecule has 0 unspecified atom stereocenters. The first-order valence-electron chi connectivity index (χ1n) is 10.8. The van der Waals surface area contributed by atoms with Gasteiger partial charge in [0.05, 0.1) is 22.9 Å². The van der Waals surface area contributed by atoms with Crippen molar-refractivity contribution in [1.82, 2.24) is 10.6 Å². The molecule has 10 nitrogen and oxygen atoms in total. The Balaban J connectivity index is 0.000000604. The van der Waals surface area contributed by atoms with Crippen LogP contribution in [0.15, 0.2) is 47.4 Å². The molecule has 1 amide bonds. The number of methoxy groups -OCH3 is 1. The van der Waals surface area contributed by atoms with E-state index in [0.717, 1.165) is 31.9 Å². The summed E-state index contributed by atoms with van der Waals surface area (Å²) >= 11 is 5.88. The van der Waals surface area contributed by atoms with Crippen LogP contribution in [0.4, 0.5) is 24.5 Å². The van der Waals surface area contributed by atoms with Gasteiger partial charge in [0.1, 0.15) is 0 Å². The van der Waals surface area contributed by atoms with Crippen molar-refractivity contribution in [2.24, 2.45) is 0 Å². The number of nitrogens with zero attached hydrogens (tertiary/aromatic N) is 1. The molecule has 4 N–H and O–H groups in total. The quantitative estimate of drug-likeness (QED) is 0.358. The highest BCUT2D eigenvalue weighted by molar-refractivity contribution is 7.92. The second-order valence-electron chi connectivity index (χ2n) is 7.58. The van der Waals surface area contributed by atoms with Gasteiger partial charge >= 0.3 is 12.1 Å². The van der Waals surface area contributed by atoms with Crippen LogP contribution in [-0.2, 0) is 19.6 Å². The third-order valence-corrected chi connectivity index (χ3v) is 6.55. The van der Waals surface area contributed by atoms with Crippen LogP contribution in [0.1, 0.15) is 10.4 Å². The van der Waals surface area contributed by atoms with Gasteiger partial charge in [-0.3, -0.25) is 9.52 Å². The molecule has 1 aliphatic rings. The molecule has 3 rings (SSSR count). The zero-order chi connectivity index (χ0) is 27.6. The van der Waals surface area contributed by atoms with Crippen LogP contribution >= 0.6 is 11.6 Å². The summed E-state index contributed by atoms with van der Waals surface area (Å²) in [6.07, 6.45) is -5.08. The van der Waals surface area contributed by atoms with Crippen LogP contribution in [0.2, 0.25) is 5.02 Å². The summed E-state index contributed by atoms with van der Waals surface area (Å²) in [4.78, 5) is 23.5. The van der Waals surface area contributed by atoms with Crippen molar-refractivity contribution in [2.45, 2.75) is 11.1 Å². The Hall–Kier alpha value is -3.07. The Morgan fingerprint density at radius 3 is 2.27 bits per heavy atom. The van der Waals surface area contributed by atoms with Gasteiger partial charge in [-0.25, -0.2) is 13.2 Å². The summed E-state index contributed by atoms with van der Waals surface area (Å²) < 4.78 is 65.2. The van der Waals surface area contributed by atoms with Crippen LogP contribution in [0.5, 0.6) is 0 Å². The first kappa shape index (κ1) is 30.2. The Morgan fingerprint density at radius 1 is 1.14 bits per heavy atom. The molecule has 1 fully saturated rings. The molecule has 0 atom stereocenters. The number of ether oxygens (including phenoxy) is 1. The lowest BCUT2D eigenvalue weighted by Gasteiger charge is -2.31. The predicted molar refractivity (Wildman–Crippen MR) is 132 cm³/mol. The minimum Gasteiger partial charge on any atom is -0.475 e. The molecule has 1 saturated heterocycles. The molecule has 204 valence electrons. The molecule has 37 heavy (non-hydrogen) atoms. The van der Waals surface area contributed by atoms with Crippen molar-refractivity contribution in [2.75, 3.05) is 56.1 Å². The van der Waals surface area contributed by atoms with E-state index < -0.39 is 22.2 Å². The first-order valence-corrected chi connectivity index (χ1v) is 12.7. The fourth-order valence-electron chi connectivity index (χ4n) is 3.13. The number of halogens is 4. The molecule has 0 radical (unpaired) electrons. The Bertz CT molecular complexity index is 1170. The van der Waals surface area contributed by atoms with Crippen molar-refractivity contribution < 1.29 is 41.0 Å². The molecule has 0 aliphatic carbocycles. The van der Waals surface area contributed by atoms with Crippen LogP contribution in [0, 0.1) is 0 Å². The van der Waals surface area contributed by atoms with Gasteiger partial charge in [0.15, 0.2) is 0 Å². The molecule has 1 aliphatic heterocycles. The van der Waals surface area contributed by atoms with Gasteiger partial charge in [-0.2, -0.15) is 13.2 Å². The SMILES string of the molecule is COCCNC(=O)c1ccc(N2CCNCC2)c(NS(=O)(=O)c2ccc(Cl)cc2)c1.O=C(O)C(F)(F)F.